The second-order valence-corrected chi connectivity index (χ2v) is 6.78. The molecule has 144 valence electrons. The van der Waals surface area contributed by atoms with E-state index >= 15 is 0 Å². The summed E-state index contributed by atoms with van der Waals surface area (Å²) in [4.78, 5) is 22.5. The fourth-order valence-electron chi connectivity index (χ4n) is 1.69. The van der Waals surface area contributed by atoms with Crippen LogP contribution in [0.25, 0.3) is 0 Å². The zero-order chi connectivity index (χ0) is 20.0. The number of carbonyl (C=O) groups is 2. The molecular formula is C15H17F3N2O5S. The lowest BCUT2D eigenvalue weighted by atomic mass is 10.2. The SMILES string of the molecule is C=CCNC(=O)C(C)OC(=O)CNS(=O)(=O)c1cccc(C(F)(F)F)c1. The summed E-state index contributed by atoms with van der Waals surface area (Å²) in [6, 6.07) is 3.05. The number of ether oxygens (including phenoxy) is 1. The van der Waals surface area contributed by atoms with E-state index in [-0.39, 0.29) is 6.54 Å². The van der Waals surface area contributed by atoms with E-state index in [4.69, 9.17) is 4.74 Å². The number of carbonyl (C=O) groups excluding carboxylic acids is 2. The largest absolute Gasteiger partial charge is 0.452 e. The van der Waals surface area contributed by atoms with Crippen LogP contribution in [-0.2, 0) is 30.5 Å². The molecule has 0 aliphatic rings. The Labute approximate surface area is 148 Å². The number of sulfonamides is 1. The van der Waals surface area contributed by atoms with Crippen molar-refractivity contribution in [2.24, 2.45) is 0 Å². The van der Waals surface area contributed by atoms with Crippen molar-refractivity contribution >= 4 is 21.9 Å². The number of halogens is 3. The third-order valence-corrected chi connectivity index (χ3v) is 4.38. The van der Waals surface area contributed by atoms with E-state index in [9.17, 15) is 31.2 Å². The molecule has 0 saturated heterocycles. The molecule has 1 atom stereocenters. The maximum atomic E-state index is 12.6. The molecule has 0 bridgehead atoms. The van der Waals surface area contributed by atoms with Gasteiger partial charge in [-0.25, -0.2) is 8.42 Å². The summed E-state index contributed by atoms with van der Waals surface area (Å²) < 4.78 is 68.5. The van der Waals surface area contributed by atoms with Gasteiger partial charge in [0.2, 0.25) is 10.0 Å². The third-order valence-electron chi connectivity index (χ3n) is 2.98. The summed E-state index contributed by atoms with van der Waals surface area (Å²) in [5.41, 5.74) is -1.14. The van der Waals surface area contributed by atoms with Gasteiger partial charge in [-0.15, -0.1) is 6.58 Å². The van der Waals surface area contributed by atoms with Gasteiger partial charge >= 0.3 is 12.1 Å². The number of nitrogens with one attached hydrogen (secondary N) is 2. The van der Waals surface area contributed by atoms with Crippen LogP contribution in [0, 0.1) is 0 Å². The normalized spacial score (nSPS) is 12.9. The first-order valence-corrected chi connectivity index (χ1v) is 8.70. The predicted octanol–water partition coefficient (Wildman–Crippen LogP) is 1.22. The van der Waals surface area contributed by atoms with Gasteiger partial charge in [0.05, 0.1) is 10.5 Å². The maximum Gasteiger partial charge on any atom is 0.416 e. The number of amides is 1. The number of benzene rings is 1. The van der Waals surface area contributed by atoms with Crippen LogP contribution < -0.4 is 10.0 Å². The van der Waals surface area contributed by atoms with Crippen molar-refractivity contribution in [3.8, 4) is 0 Å². The van der Waals surface area contributed by atoms with Gasteiger partial charge in [-0.05, 0) is 25.1 Å². The van der Waals surface area contributed by atoms with E-state index < -0.39 is 51.2 Å². The lowest BCUT2D eigenvalue weighted by Gasteiger charge is -2.13. The Morgan fingerprint density at radius 3 is 2.58 bits per heavy atom. The molecule has 0 aliphatic carbocycles. The van der Waals surface area contributed by atoms with Crippen LogP contribution in [0.2, 0.25) is 0 Å². The molecule has 2 N–H and O–H groups in total. The van der Waals surface area contributed by atoms with Gasteiger partial charge in [0.1, 0.15) is 6.54 Å². The van der Waals surface area contributed by atoms with Gasteiger partial charge in [0.25, 0.3) is 5.91 Å². The second-order valence-electron chi connectivity index (χ2n) is 5.02. The molecule has 1 aromatic carbocycles. The minimum absolute atomic E-state index is 0.156. The van der Waals surface area contributed by atoms with E-state index in [0.29, 0.717) is 6.07 Å². The molecule has 11 heteroatoms. The number of rotatable bonds is 8. The molecule has 7 nitrogen and oxygen atoms in total. The van der Waals surface area contributed by atoms with Crippen LogP contribution in [0.3, 0.4) is 0 Å². The van der Waals surface area contributed by atoms with Crippen molar-refractivity contribution in [2.75, 3.05) is 13.1 Å². The first-order valence-electron chi connectivity index (χ1n) is 7.22. The van der Waals surface area contributed by atoms with Crippen LogP contribution >= 0.6 is 0 Å². The molecule has 1 rings (SSSR count). The smallest absolute Gasteiger partial charge is 0.416 e. The van der Waals surface area contributed by atoms with E-state index in [2.05, 4.69) is 11.9 Å². The van der Waals surface area contributed by atoms with Crippen LogP contribution in [0.4, 0.5) is 13.2 Å². The fourth-order valence-corrected chi connectivity index (χ4v) is 2.70. The summed E-state index contributed by atoms with van der Waals surface area (Å²) in [5, 5.41) is 2.38. The van der Waals surface area contributed by atoms with Gasteiger partial charge in [-0.3, -0.25) is 9.59 Å². The van der Waals surface area contributed by atoms with E-state index in [1.165, 1.54) is 13.0 Å². The monoisotopic (exact) mass is 394 g/mol. The quantitative estimate of drug-likeness (QED) is 0.510. The zero-order valence-corrected chi connectivity index (χ0v) is 14.5. The lowest BCUT2D eigenvalue weighted by Crippen LogP contribution is -2.38. The predicted molar refractivity (Wildman–Crippen MR) is 85.4 cm³/mol. The third kappa shape index (κ3) is 6.48. The zero-order valence-electron chi connectivity index (χ0n) is 13.7. The summed E-state index contributed by atoms with van der Waals surface area (Å²) in [7, 11) is -4.37. The van der Waals surface area contributed by atoms with Crippen LogP contribution in [0.5, 0.6) is 0 Å². The Kier molecular flexibility index (Phi) is 7.33. The van der Waals surface area contributed by atoms with Crippen molar-refractivity contribution in [3.05, 3.63) is 42.5 Å². The van der Waals surface area contributed by atoms with Crippen molar-refractivity contribution in [2.45, 2.75) is 24.1 Å². The highest BCUT2D eigenvalue weighted by molar-refractivity contribution is 7.89. The van der Waals surface area contributed by atoms with E-state index in [1.54, 1.807) is 0 Å². The standard InChI is InChI=1S/C15H17F3N2O5S/c1-3-7-19-14(22)10(2)25-13(21)9-20-26(23,24)12-6-4-5-11(8-12)15(16,17)18/h3-6,8,10,20H,1,7,9H2,2H3,(H,19,22). The fraction of sp³-hybridized carbons (Fsp3) is 0.333. The first kappa shape index (κ1) is 21.6. The van der Waals surface area contributed by atoms with Crippen molar-refractivity contribution < 1.29 is 35.9 Å². The summed E-state index contributed by atoms with van der Waals surface area (Å²) in [5.74, 6) is -1.68. The summed E-state index contributed by atoms with van der Waals surface area (Å²) in [6.07, 6.45) is -4.48. The topological polar surface area (TPSA) is 102 Å². The van der Waals surface area contributed by atoms with E-state index in [0.717, 1.165) is 18.2 Å². The molecule has 0 saturated carbocycles. The molecule has 26 heavy (non-hydrogen) atoms. The highest BCUT2D eigenvalue weighted by Gasteiger charge is 2.31. The molecule has 0 spiro atoms. The van der Waals surface area contributed by atoms with Crippen molar-refractivity contribution in [1.82, 2.24) is 10.0 Å². The average Bonchev–Trinajstić information content (AvgIpc) is 2.57. The molecule has 0 fully saturated rings. The summed E-state index contributed by atoms with van der Waals surface area (Å²) >= 11 is 0. The van der Waals surface area contributed by atoms with Gasteiger partial charge in [-0.1, -0.05) is 12.1 Å². The van der Waals surface area contributed by atoms with Crippen LogP contribution in [0.1, 0.15) is 12.5 Å². The molecule has 0 aliphatic heterocycles. The minimum Gasteiger partial charge on any atom is -0.452 e. The molecule has 0 radical (unpaired) electrons. The molecular weight excluding hydrogens is 377 g/mol. The van der Waals surface area contributed by atoms with E-state index in [1.807, 2.05) is 4.72 Å². The Morgan fingerprint density at radius 2 is 2.00 bits per heavy atom. The molecule has 0 aromatic heterocycles. The Bertz CT molecular complexity index is 778. The van der Waals surface area contributed by atoms with Gasteiger partial charge < -0.3 is 10.1 Å². The Morgan fingerprint density at radius 1 is 1.35 bits per heavy atom. The summed E-state index contributed by atoms with van der Waals surface area (Å²) in [6.45, 7) is 3.97. The van der Waals surface area contributed by atoms with Crippen LogP contribution in [-0.4, -0.2) is 39.5 Å². The van der Waals surface area contributed by atoms with Crippen molar-refractivity contribution in [3.63, 3.8) is 0 Å². The Balaban J connectivity index is 2.70. The van der Waals surface area contributed by atoms with Gasteiger partial charge in [0, 0.05) is 6.54 Å². The number of hydrogen-bond acceptors (Lipinski definition) is 5. The van der Waals surface area contributed by atoms with Crippen molar-refractivity contribution in [1.29, 1.82) is 0 Å². The number of esters is 1. The Hall–Kier alpha value is -2.40. The lowest BCUT2D eigenvalue weighted by molar-refractivity contribution is -0.153. The van der Waals surface area contributed by atoms with Gasteiger partial charge in [-0.2, -0.15) is 17.9 Å². The maximum absolute atomic E-state index is 12.6. The molecule has 1 aromatic rings. The highest BCUT2D eigenvalue weighted by Crippen LogP contribution is 2.30. The van der Waals surface area contributed by atoms with Crippen LogP contribution in [0.15, 0.2) is 41.8 Å². The number of alkyl halides is 3. The number of hydrogen-bond donors (Lipinski definition) is 2. The highest BCUT2D eigenvalue weighted by atomic mass is 32.2. The first-order chi connectivity index (χ1) is 12.0. The average molecular weight is 394 g/mol. The minimum atomic E-state index is -4.71. The van der Waals surface area contributed by atoms with Gasteiger partial charge in [0.15, 0.2) is 6.10 Å². The molecule has 0 heterocycles. The molecule has 1 unspecified atom stereocenters. The second kappa shape index (κ2) is 8.81. The molecule has 1 amide bonds.